The molecule has 1 aromatic rings. The Hall–Kier alpha value is -1.44. The van der Waals surface area contributed by atoms with E-state index >= 15 is 0 Å². The van der Waals surface area contributed by atoms with E-state index in [1.54, 1.807) is 12.1 Å². The fraction of sp³-hybridized carbons (Fsp3) is 0.357. The summed E-state index contributed by atoms with van der Waals surface area (Å²) in [4.78, 5) is 12.0. The lowest BCUT2D eigenvalue weighted by atomic mass is 9.62. The van der Waals surface area contributed by atoms with Crippen LogP contribution in [-0.4, -0.2) is 5.78 Å². The van der Waals surface area contributed by atoms with Gasteiger partial charge >= 0.3 is 0 Å². The third-order valence-corrected chi connectivity index (χ3v) is 3.34. The van der Waals surface area contributed by atoms with Crippen LogP contribution in [0.3, 0.4) is 0 Å². The summed E-state index contributed by atoms with van der Waals surface area (Å²) in [6.07, 6.45) is 0.867. The zero-order chi connectivity index (χ0) is 11.9. The van der Waals surface area contributed by atoms with E-state index in [1.165, 1.54) is 17.7 Å². The van der Waals surface area contributed by atoms with Gasteiger partial charge in [-0.05, 0) is 43.5 Å². The van der Waals surface area contributed by atoms with Gasteiger partial charge in [0.2, 0.25) is 0 Å². The summed E-state index contributed by atoms with van der Waals surface area (Å²) < 4.78 is 12.8. The summed E-state index contributed by atoms with van der Waals surface area (Å²) in [5.74, 6) is -0.107. The molecule has 84 valence electrons. The van der Waals surface area contributed by atoms with Crippen LogP contribution >= 0.6 is 0 Å². The molecule has 0 N–H and O–H groups in total. The first-order chi connectivity index (χ1) is 7.48. The van der Waals surface area contributed by atoms with Crippen molar-refractivity contribution in [1.82, 2.24) is 0 Å². The van der Waals surface area contributed by atoms with E-state index < -0.39 is 0 Å². The van der Waals surface area contributed by atoms with Gasteiger partial charge in [-0.15, -0.1) is 0 Å². The maximum atomic E-state index is 12.8. The standard InChI is InChI=1S/C14H15FO/c1-4-11-12(13(16)14(11,2)3)9-5-7-10(15)8-6-9/h5-8H,4H2,1-3H3. The summed E-state index contributed by atoms with van der Waals surface area (Å²) in [5.41, 5.74) is 2.46. The van der Waals surface area contributed by atoms with Crippen LogP contribution in [0.25, 0.3) is 5.57 Å². The first-order valence-corrected chi connectivity index (χ1v) is 5.53. The van der Waals surface area contributed by atoms with Crippen molar-refractivity contribution in [3.05, 3.63) is 41.2 Å². The number of Topliss-reactive ketones (excluding diaryl/α,β-unsaturated/α-hetero) is 1. The number of allylic oxidation sites excluding steroid dienone is 2. The Kier molecular flexibility index (Phi) is 2.45. The van der Waals surface area contributed by atoms with E-state index in [4.69, 9.17) is 0 Å². The number of carbonyl (C=O) groups is 1. The fourth-order valence-electron chi connectivity index (χ4n) is 2.38. The number of halogens is 1. The Bertz CT molecular complexity index is 466. The van der Waals surface area contributed by atoms with Crippen LogP contribution in [-0.2, 0) is 4.79 Å². The molecule has 2 heteroatoms. The average molecular weight is 218 g/mol. The molecule has 0 spiro atoms. The van der Waals surface area contributed by atoms with Crippen LogP contribution in [0.1, 0.15) is 32.8 Å². The van der Waals surface area contributed by atoms with Crippen molar-refractivity contribution in [2.24, 2.45) is 5.41 Å². The molecule has 0 saturated heterocycles. The minimum atomic E-state index is -0.335. The zero-order valence-corrected chi connectivity index (χ0v) is 9.80. The van der Waals surface area contributed by atoms with Crippen LogP contribution in [0, 0.1) is 11.2 Å². The molecule has 2 rings (SSSR count). The normalized spacial score (nSPS) is 18.6. The molecule has 0 heterocycles. The molecular weight excluding hydrogens is 203 g/mol. The Morgan fingerprint density at radius 1 is 1.19 bits per heavy atom. The summed E-state index contributed by atoms with van der Waals surface area (Å²) >= 11 is 0. The van der Waals surface area contributed by atoms with Crippen LogP contribution < -0.4 is 0 Å². The number of ketones is 1. The smallest absolute Gasteiger partial charge is 0.173 e. The third-order valence-electron chi connectivity index (χ3n) is 3.34. The summed E-state index contributed by atoms with van der Waals surface area (Å²) in [5, 5.41) is 0. The molecule has 0 amide bonds. The van der Waals surface area contributed by atoms with E-state index in [9.17, 15) is 9.18 Å². The number of hydrogen-bond donors (Lipinski definition) is 0. The molecule has 16 heavy (non-hydrogen) atoms. The molecule has 0 saturated carbocycles. The molecule has 0 bridgehead atoms. The Morgan fingerprint density at radius 2 is 1.75 bits per heavy atom. The molecule has 1 aromatic carbocycles. The van der Waals surface area contributed by atoms with Crippen molar-refractivity contribution in [3.8, 4) is 0 Å². The van der Waals surface area contributed by atoms with Gasteiger partial charge in [0.1, 0.15) is 5.82 Å². The van der Waals surface area contributed by atoms with Crippen molar-refractivity contribution in [1.29, 1.82) is 0 Å². The van der Waals surface area contributed by atoms with Crippen LogP contribution in [0.4, 0.5) is 4.39 Å². The van der Waals surface area contributed by atoms with E-state index in [0.717, 1.165) is 17.6 Å². The highest BCUT2D eigenvalue weighted by Gasteiger charge is 2.45. The molecule has 0 aliphatic heterocycles. The lowest BCUT2D eigenvalue weighted by Crippen LogP contribution is -2.38. The van der Waals surface area contributed by atoms with Crippen molar-refractivity contribution in [2.75, 3.05) is 0 Å². The number of hydrogen-bond acceptors (Lipinski definition) is 1. The average Bonchev–Trinajstić information content (AvgIpc) is 2.26. The Morgan fingerprint density at radius 3 is 2.25 bits per heavy atom. The topological polar surface area (TPSA) is 17.1 Å². The van der Waals surface area contributed by atoms with Gasteiger partial charge in [0.05, 0.1) is 0 Å². The maximum absolute atomic E-state index is 12.8. The monoisotopic (exact) mass is 218 g/mol. The predicted molar refractivity (Wildman–Crippen MR) is 62.4 cm³/mol. The van der Waals surface area contributed by atoms with E-state index in [-0.39, 0.29) is 17.0 Å². The van der Waals surface area contributed by atoms with Gasteiger partial charge in [-0.1, -0.05) is 19.1 Å². The second-order valence-corrected chi connectivity index (χ2v) is 4.67. The second-order valence-electron chi connectivity index (χ2n) is 4.67. The molecule has 0 radical (unpaired) electrons. The zero-order valence-electron chi connectivity index (χ0n) is 9.80. The van der Waals surface area contributed by atoms with Gasteiger partial charge in [0, 0.05) is 11.0 Å². The molecule has 0 atom stereocenters. The predicted octanol–water partition coefficient (Wildman–Crippen LogP) is 3.60. The van der Waals surface area contributed by atoms with Crippen molar-refractivity contribution >= 4 is 11.4 Å². The molecule has 1 aliphatic carbocycles. The summed E-state index contributed by atoms with van der Waals surface area (Å²) in [7, 11) is 0. The third kappa shape index (κ3) is 1.41. The molecule has 0 unspecified atom stereocenters. The summed E-state index contributed by atoms with van der Waals surface area (Å²) in [6, 6.07) is 6.14. The number of rotatable bonds is 2. The highest BCUT2D eigenvalue weighted by molar-refractivity contribution is 6.32. The van der Waals surface area contributed by atoms with Gasteiger partial charge in [0.25, 0.3) is 0 Å². The van der Waals surface area contributed by atoms with E-state index in [2.05, 4.69) is 0 Å². The quantitative estimate of drug-likeness (QED) is 0.741. The van der Waals surface area contributed by atoms with Crippen molar-refractivity contribution < 1.29 is 9.18 Å². The van der Waals surface area contributed by atoms with Crippen LogP contribution in [0.5, 0.6) is 0 Å². The Balaban J connectivity index is 2.49. The van der Waals surface area contributed by atoms with Crippen molar-refractivity contribution in [3.63, 3.8) is 0 Å². The van der Waals surface area contributed by atoms with Crippen molar-refractivity contribution in [2.45, 2.75) is 27.2 Å². The maximum Gasteiger partial charge on any atom is 0.173 e. The van der Waals surface area contributed by atoms with Crippen LogP contribution in [0.2, 0.25) is 0 Å². The second kappa shape index (κ2) is 3.55. The van der Waals surface area contributed by atoms with E-state index in [1.807, 2.05) is 20.8 Å². The fourth-order valence-corrected chi connectivity index (χ4v) is 2.38. The molecule has 1 aliphatic rings. The lowest BCUT2D eigenvalue weighted by Gasteiger charge is -2.39. The Labute approximate surface area is 95.0 Å². The highest BCUT2D eigenvalue weighted by Crippen LogP contribution is 2.48. The lowest BCUT2D eigenvalue weighted by molar-refractivity contribution is -0.121. The largest absolute Gasteiger partial charge is 0.293 e. The minimum absolute atomic E-state index is 0.163. The molecule has 0 aromatic heterocycles. The van der Waals surface area contributed by atoms with Crippen LogP contribution in [0.15, 0.2) is 29.8 Å². The van der Waals surface area contributed by atoms with Gasteiger partial charge in [0.15, 0.2) is 5.78 Å². The number of carbonyl (C=O) groups excluding carboxylic acids is 1. The first kappa shape index (κ1) is 11.1. The molecular formula is C14H15FO. The minimum Gasteiger partial charge on any atom is -0.293 e. The first-order valence-electron chi connectivity index (χ1n) is 5.53. The molecule has 1 nitrogen and oxygen atoms in total. The molecule has 0 fully saturated rings. The van der Waals surface area contributed by atoms with Gasteiger partial charge in [-0.2, -0.15) is 0 Å². The number of benzene rings is 1. The summed E-state index contributed by atoms with van der Waals surface area (Å²) in [6.45, 7) is 5.94. The van der Waals surface area contributed by atoms with Gasteiger partial charge < -0.3 is 0 Å². The SMILES string of the molecule is CCC1=C(c2ccc(F)cc2)C(=O)C1(C)C. The van der Waals surface area contributed by atoms with E-state index in [0.29, 0.717) is 0 Å². The van der Waals surface area contributed by atoms with Gasteiger partial charge in [-0.3, -0.25) is 4.79 Å². The van der Waals surface area contributed by atoms with Gasteiger partial charge in [-0.25, -0.2) is 4.39 Å². The highest BCUT2D eigenvalue weighted by atomic mass is 19.1.